The molecule has 0 N–H and O–H groups in total. The Labute approximate surface area is 288 Å². The number of ether oxygens (including phenoxy) is 5. The molecule has 0 amide bonds. The number of esters is 1. The van der Waals surface area contributed by atoms with Crippen LogP contribution < -0.4 is 18.9 Å². The van der Waals surface area contributed by atoms with E-state index in [1.807, 2.05) is 60.7 Å². The van der Waals surface area contributed by atoms with E-state index in [9.17, 15) is 9.18 Å². The third-order valence-corrected chi connectivity index (χ3v) is 7.95. The van der Waals surface area contributed by atoms with Crippen molar-refractivity contribution in [3.8, 4) is 39.9 Å². The van der Waals surface area contributed by atoms with Crippen LogP contribution in [0.1, 0.15) is 54.2 Å². The highest BCUT2D eigenvalue weighted by Crippen LogP contribution is 2.38. The van der Waals surface area contributed by atoms with Crippen molar-refractivity contribution in [2.45, 2.75) is 46.6 Å². The molecule has 7 heteroatoms. The Morgan fingerprint density at radius 3 is 2.10 bits per heavy atom. The fourth-order valence-corrected chi connectivity index (χ4v) is 5.49. The molecule has 0 saturated heterocycles. The average molecular weight is 663 g/mol. The second-order valence-corrected chi connectivity index (χ2v) is 12.1. The minimum Gasteiger partial charge on any atom is -0.493 e. The molecule has 0 aliphatic carbocycles. The molecule has 254 valence electrons. The molecule has 0 aliphatic heterocycles. The van der Waals surface area contributed by atoms with E-state index in [-0.39, 0.29) is 5.82 Å². The minimum absolute atomic E-state index is 0.284. The Hall–Kier alpha value is -5.30. The zero-order valence-corrected chi connectivity index (χ0v) is 28.5. The van der Waals surface area contributed by atoms with Gasteiger partial charge in [-0.15, -0.1) is 0 Å². The van der Waals surface area contributed by atoms with E-state index in [2.05, 4.69) is 26.8 Å². The first-order chi connectivity index (χ1) is 23.9. The van der Waals surface area contributed by atoms with Crippen molar-refractivity contribution in [2.24, 2.45) is 5.92 Å². The van der Waals surface area contributed by atoms with Gasteiger partial charge in [-0.3, -0.25) is 0 Å². The van der Waals surface area contributed by atoms with Gasteiger partial charge in [0.05, 0.1) is 20.3 Å². The summed E-state index contributed by atoms with van der Waals surface area (Å²) in [5.74, 6) is 2.81. The molecule has 5 aromatic rings. The molecule has 49 heavy (non-hydrogen) atoms. The zero-order valence-electron chi connectivity index (χ0n) is 28.5. The van der Waals surface area contributed by atoms with Crippen molar-refractivity contribution in [1.82, 2.24) is 0 Å². The molecule has 0 bridgehead atoms. The Morgan fingerprint density at radius 1 is 0.714 bits per heavy atom. The number of rotatable bonds is 16. The topological polar surface area (TPSA) is 63.2 Å². The Morgan fingerprint density at radius 2 is 1.39 bits per heavy atom. The highest BCUT2D eigenvalue weighted by Gasteiger charge is 2.18. The molecule has 0 saturated carbocycles. The van der Waals surface area contributed by atoms with E-state index in [1.165, 1.54) is 19.2 Å². The fraction of sp³-hybridized carbons (Fsp3) is 0.262. The Balaban J connectivity index is 1.29. The van der Waals surface area contributed by atoms with Gasteiger partial charge in [0.25, 0.3) is 0 Å². The molecule has 6 nitrogen and oxygen atoms in total. The summed E-state index contributed by atoms with van der Waals surface area (Å²) in [5, 5.41) is 0. The Bertz CT molecular complexity index is 1820. The van der Waals surface area contributed by atoms with E-state index >= 15 is 0 Å². The summed E-state index contributed by atoms with van der Waals surface area (Å²) in [6, 6.07) is 33.2. The summed E-state index contributed by atoms with van der Waals surface area (Å²) in [7, 11) is 1.35. The number of benzene rings is 5. The molecule has 0 aliphatic rings. The van der Waals surface area contributed by atoms with Gasteiger partial charge in [0.15, 0.2) is 0 Å². The normalized spacial score (nSPS) is 10.9. The lowest BCUT2D eigenvalue weighted by Crippen LogP contribution is -2.09. The molecule has 0 fully saturated rings. The molecule has 0 atom stereocenters. The van der Waals surface area contributed by atoms with Crippen LogP contribution in [0.5, 0.6) is 28.7 Å². The average Bonchev–Trinajstić information content (AvgIpc) is 3.12. The number of aryl methyl sites for hydroxylation is 1. The van der Waals surface area contributed by atoms with E-state index < -0.39 is 5.97 Å². The maximum Gasteiger partial charge on any atom is 0.341 e. The number of carbonyl (C=O) groups excluding carboxylic acids is 1. The second-order valence-electron chi connectivity index (χ2n) is 12.1. The lowest BCUT2D eigenvalue weighted by Gasteiger charge is -2.19. The van der Waals surface area contributed by atoms with Gasteiger partial charge in [0, 0.05) is 23.6 Å². The number of para-hydroxylation sites is 1. The third kappa shape index (κ3) is 9.41. The van der Waals surface area contributed by atoms with E-state index in [0.717, 1.165) is 52.2 Å². The summed E-state index contributed by atoms with van der Waals surface area (Å²) in [6.45, 7) is 7.62. The first-order valence-electron chi connectivity index (χ1n) is 16.7. The van der Waals surface area contributed by atoms with Gasteiger partial charge in [-0.1, -0.05) is 81.4 Å². The van der Waals surface area contributed by atoms with Gasteiger partial charge in [-0.2, -0.15) is 0 Å². The summed E-state index contributed by atoms with van der Waals surface area (Å²) >= 11 is 0. The van der Waals surface area contributed by atoms with Crippen LogP contribution in [-0.4, -0.2) is 26.3 Å². The standard InChI is InChI=1S/C42H43FO6/c1-5-31-26-35(32-19-21-33(43)22-20-32)41(48-28-30-13-7-6-8-14-30)27-40(31)47-24-12-23-46-37-17-11-18-39(36(37)25-29(2)3)49-38-16-10-9-15-34(38)42(44)45-4/h6-11,13-22,26-27,29H,5,12,23-25,28H2,1-4H3. The number of hydrogen-bond acceptors (Lipinski definition) is 6. The van der Waals surface area contributed by atoms with Crippen molar-refractivity contribution in [3.63, 3.8) is 0 Å². The van der Waals surface area contributed by atoms with Crippen LogP contribution in [0.15, 0.2) is 109 Å². The number of carbonyl (C=O) groups is 1. The van der Waals surface area contributed by atoms with Gasteiger partial charge in [0.1, 0.15) is 46.7 Å². The number of methoxy groups -OCH3 is 1. The van der Waals surface area contributed by atoms with Crippen LogP contribution in [0.25, 0.3) is 11.1 Å². The van der Waals surface area contributed by atoms with Gasteiger partial charge in [-0.25, -0.2) is 9.18 Å². The van der Waals surface area contributed by atoms with Gasteiger partial charge in [0.2, 0.25) is 0 Å². The predicted molar refractivity (Wildman–Crippen MR) is 190 cm³/mol. The van der Waals surface area contributed by atoms with Crippen molar-refractivity contribution in [3.05, 3.63) is 137 Å². The molecule has 5 rings (SSSR count). The quantitative estimate of drug-likeness (QED) is 0.0774. The highest BCUT2D eigenvalue weighted by atomic mass is 19.1. The van der Waals surface area contributed by atoms with Gasteiger partial charge >= 0.3 is 5.97 Å². The monoisotopic (exact) mass is 662 g/mol. The molecule has 0 unspecified atom stereocenters. The molecule has 0 radical (unpaired) electrons. The van der Waals surface area contributed by atoms with Crippen molar-refractivity contribution in [2.75, 3.05) is 20.3 Å². The smallest absolute Gasteiger partial charge is 0.341 e. The third-order valence-electron chi connectivity index (χ3n) is 7.95. The lowest BCUT2D eigenvalue weighted by molar-refractivity contribution is 0.0598. The predicted octanol–water partition coefficient (Wildman–Crippen LogP) is 10.3. The zero-order chi connectivity index (χ0) is 34.6. The minimum atomic E-state index is -0.459. The summed E-state index contributed by atoms with van der Waals surface area (Å²) in [4.78, 5) is 12.3. The summed E-state index contributed by atoms with van der Waals surface area (Å²) < 4.78 is 43.9. The molecule has 0 spiro atoms. The molecule has 0 aromatic heterocycles. The van der Waals surface area contributed by atoms with Gasteiger partial charge < -0.3 is 23.7 Å². The van der Waals surface area contributed by atoms with Crippen molar-refractivity contribution in [1.29, 1.82) is 0 Å². The van der Waals surface area contributed by atoms with Gasteiger partial charge in [-0.05, 0) is 77.9 Å². The number of hydrogen-bond donors (Lipinski definition) is 0. The van der Waals surface area contributed by atoms with E-state index in [0.29, 0.717) is 55.0 Å². The van der Waals surface area contributed by atoms with Crippen LogP contribution in [0.2, 0.25) is 0 Å². The Kier molecular flexibility index (Phi) is 12.3. The molecule has 5 aromatic carbocycles. The molecule has 0 heterocycles. The molecular formula is C42H43FO6. The van der Waals surface area contributed by atoms with E-state index in [1.54, 1.807) is 30.3 Å². The van der Waals surface area contributed by atoms with Crippen LogP contribution in [0, 0.1) is 11.7 Å². The first kappa shape index (κ1) is 35.0. The maximum absolute atomic E-state index is 13.7. The summed E-state index contributed by atoms with van der Waals surface area (Å²) in [6.07, 6.45) is 2.12. The summed E-state index contributed by atoms with van der Waals surface area (Å²) in [5.41, 5.74) is 5.13. The second kappa shape index (κ2) is 17.2. The highest BCUT2D eigenvalue weighted by molar-refractivity contribution is 5.92. The first-order valence-corrected chi connectivity index (χ1v) is 16.7. The molecular weight excluding hydrogens is 619 g/mol. The lowest BCUT2D eigenvalue weighted by atomic mass is 10.00. The van der Waals surface area contributed by atoms with E-state index in [4.69, 9.17) is 23.7 Å². The SMILES string of the molecule is CCc1cc(-c2ccc(F)cc2)c(OCc2ccccc2)cc1OCCCOc1cccc(Oc2ccccc2C(=O)OC)c1CC(C)C. The van der Waals surface area contributed by atoms with Crippen molar-refractivity contribution < 1.29 is 32.9 Å². The van der Waals surface area contributed by atoms with Crippen LogP contribution in [-0.2, 0) is 24.2 Å². The van der Waals surface area contributed by atoms with Crippen molar-refractivity contribution >= 4 is 5.97 Å². The van der Waals surface area contributed by atoms with Crippen LogP contribution in [0.3, 0.4) is 0 Å². The van der Waals surface area contributed by atoms with Crippen LogP contribution in [0.4, 0.5) is 4.39 Å². The fourth-order valence-electron chi connectivity index (χ4n) is 5.49. The maximum atomic E-state index is 13.7. The largest absolute Gasteiger partial charge is 0.493 e. The number of halogens is 1. The van der Waals surface area contributed by atoms with Crippen LogP contribution >= 0.6 is 0 Å².